The van der Waals surface area contributed by atoms with E-state index in [4.69, 9.17) is 33.2 Å². The van der Waals surface area contributed by atoms with E-state index >= 15 is 0 Å². The SMILES string of the molecule is CCC1OC(=O)C(C)C(OC2CC(C)(OC)C(O)C(C)O2)C(C)C(OC2OC(C)CC(N(C)C)C2OCCCNC(=O)CC(C)C)C(C)(O)CC(C)CN(C)C(C)C(O)C1(C)O. The fourth-order valence-corrected chi connectivity index (χ4v) is 9.87. The Morgan fingerprint density at radius 2 is 1.63 bits per heavy atom. The summed E-state index contributed by atoms with van der Waals surface area (Å²) in [5.41, 5.74) is -4.41. The Balaban J connectivity index is 2.15. The number of nitrogens with zero attached hydrogens (tertiary/aromatic N) is 2. The molecule has 3 heterocycles. The Morgan fingerprint density at radius 1 is 0.984 bits per heavy atom. The average molecular weight is 890 g/mol. The molecule has 3 saturated heterocycles. The van der Waals surface area contributed by atoms with Gasteiger partial charge >= 0.3 is 5.97 Å². The maximum atomic E-state index is 14.5. The van der Waals surface area contributed by atoms with Crippen LogP contribution in [0.1, 0.15) is 122 Å². The molecule has 3 aliphatic rings. The summed E-state index contributed by atoms with van der Waals surface area (Å²) < 4.78 is 45.3. The lowest BCUT2D eigenvalue weighted by molar-refractivity contribution is -0.321. The van der Waals surface area contributed by atoms with Gasteiger partial charge in [-0.05, 0) is 107 Å². The number of rotatable bonds is 14. The van der Waals surface area contributed by atoms with E-state index in [1.165, 1.54) is 14.0 Å². The molecule has 0 radical (unpaired) electrons. The molecule has 0 aromatic carbocycles. The highest BCUT2D eigenvalue weighted by Gasteiger charge is 2.53. The topological polar surface area (TPSA) is 198 Å². The van der Waals surface area contributed by atoms with Gasteiger partial charge in [0.25, 0.3) is 0 Å². The second kappa shape index (κ2) is 23.3. The fraction of sp³-hybridized carbons (Fsp3) is 0.957. The van der Waals surface area contributed by atoms with Gasteiger partial charge in [-0.25, -0.2) is 0 Å². The number of nitrogens with one attached hydrogen (secondary N) is 1. The first kappa shape index (κ1) is 54.8. The number of amides is 1. The largest absolute Gasteiger partial charge is 0.459 e. The van der Waals surface area contributed by atoms with E-state index in [0.29, 0.717) is 39.0 Å². The van der Waals surface area contributed by atoms with Crippen LogP contribution in [0.4, 0.5) is 0 Å². The monoisotopic (exact) mass is 890 g/mol. The van der Waals surface area contributed by atoms with E-state index in [9.17, 15) is 30.0 Å². The Labute approximate surface area is 373 Å². The van der Waals surface area contributed by atoms with Crippen molar-refractivity contribution in [1.29, 1.82) is 0 Å². The van der Waals surface area contributed by atoms with Crippen molar-refractivity contribution >= 4 is 11.9 Å². The van der Waals surface area contributed by atoms with Gasteiger partial charge in [0.05, 0.1) is 41.5 Å². The van der Waals surface area contributed by atoms with Crippen LogP contribution in [0.5, 0.6) is 0 Å². The number of hydrogen-bond donors (Lipinski definition) is 5. The second-order valence-corrected chi connectivity index (χ2v) is 20.3. The molecule has 0 aliphatic carbocycles. The Hall–Kier alpha value is -1.54. The zero-order chi connectivity index (χ0) is 47.1. The van der Waals surface area contributed by atoms with Crippen LogP contribution in [0, 0.1) is 23.7 Å². The summed E-state index contributed by atoms with van der Waals surface area (Å²) in [4.78, 5) is 30.8. The summed E-state index contributed by atoms with van der Waals surface area (Å²) in [5.74, 6) is -2.35. The lowest BCUT2D eigenvalue weighted by Gasteiger charge is -2.49. The van der Waals surface area contributed by atoms with E-state index < -0.39 is 96.0 Å². The molecular weight excluding hydrogens is 803 g/mol. The molecule has 18 unspecified atom stereocenters. The average Bonchev–Trinajstić information content (AvgIpc) is 3.17. The molecule has 16 nitrogen and oxygen atoms in total. The molecule has 62 heavy (non-hydrogen) atoms. The predicted octanol–water partition coefficient (Wildman–Crippen LogP) is 3.48. The molecule has 1 amide bonds. The van der Waals surface area contributed by atoms with Crippen LogP contribution >= 0.6 is 0 Å². The van der Waals surface area contributed by atoms with Gasteiger partial charge < -0.3 is 68.7 Å². The van der Waals surface area contributed by atoms with Gasteiger partial charge in [0.15, 0.2) is 12.6 Å². The molecule has 3 fully saturated rings. The van der Waals surface area contributed by atoms with Gasteiger partial charge in [0, 0.05) is 57.6 Å². The summed E-state index contributed by atoms with van der Waals surface area (Å²) in [6, 6.07) is -0.676. The fourth-order valence-electron chi connectivity index (χ4n) is 9.87. The minimum absolute atomic E-state index is 0.00415. The molecule has 16 heteroatoms. The van der Waals surface area contributed by atoms with Crippen LogP contribution in [0.3, 0.4) is 0 Å². The highest BCUT2D eigenvalue weighted by atomic mass is 16.7. The third-order valence-electron chi connectivity index (χ3n) is 13.7. The van der Waals surface area contributed by atoms with E-state index in [0.717, 1.165) is 0 Å². The van der Waals surface area contributed by atoms with E-state index in [1.54, 1.807) is 34.6 Å². The number of aliphatic hydroxyl groups is 4. The van der Waals surface area contributed by atoms with E-state index in [1.807, 2.05) is 67.6 Å². The number of likely N-dealkylation sites (N-methyl/N-ethyl adjacent to an activating group) is 2. The summed E-state index contributed by atoms with van der Waals surface area (Å²) in [5, 5.41) is 50.4. The molecular formula is C46H87N3O13. The van der Waals surface area contributed by atoms with Crippen LogP contribution < -0.4 is 5.32 Å². The minimum Gasteiger partial charge on any atom is -0.459 e. The van der Waals surface area contributed by atoms with Crippen LogP contribution in [0.25, 0.3) is 0 Å². The van der Waals surface area contributed by atoms with Crippen molar-refractivity contribution < 1.29 is 63.2 Å². The molecule has 18 atom stereocenters. The molecule has 3 rings (SSSR count). The first-order valence-electron chi connectivity index (χ1n) is 23.1. The van der Waals surface area contributed by atoms with Crippen LogP contribution in [-0.2, 0) is 42.7 Å². The van der Waals surface area contributed by atoms with E-state index in [2.05, 4.69) is 10.2 Å². The zero-order valence-corrected chi connectivity index (χ0v) is 41.0. The number of esters is 1. The van der Waals surface area contributed by atoms with Gasteiger partial charge in [-0.2, -0.15) is 0 Å². The van der Waals surface area contributed by atoms with Crippen molar-refractivity contribution in [2.45, 2.75) is 212 Å². The van der Waals surface area contributed by atoms with Crippen LogP contribution in [0.15, 0.2) is 0 Å². The number of hydrogen-bond acceptors (Lipinski definition) is 15. The third-order valence-corrected chi connectivity index (χ3v) is 13.7. The van der Waals surface area contributed by atoms with Crippen LogP contribution in [-0.4, -0.2) is 180 Å². The van der Waals surface area contributed by atoms with Gasteiger partial charge in [-0.15, -0.1) is 0 Å². The van der Waals surface area contributed by atoms with Gasteiger partial charge in [0.2, 0.25) is 5.91 Å². The van der Waals surface area contributed by atoms with Crippen molar-refractivity contribution in [2.24, 2.45) is 23.7 Å². The van der Waals surface area contributed by atoms with Gasteiger partial charge in [-0.1, -0.05) is 34.6 Å². The van der Waals surface area contributed by atoms with Crippen LogP contribution in [0.2, 0.25) is 0 Å². The van der Waals surface area contributed by atoms with Crippen molar-refractivity contribution in [3.63, 3.8) is 0 Å². The van der Waals surface area contributed by atoms with Gasteiger partial charge in [0.1, 0.15) is 30.0 Å². The molecule has 364 valence electrons. The number of aliphatic hydroxyl groups excluding tert-OH is 2. The zero-order valence-electron chi connectivity index (χ0n) is 41.0. The Morgan fingerprint density at radius 3 is 2.21 bits per heavy atom. The van der Waals surface area contributed by atoms with Crippen molar-refractivity contribution in [1.82, 2.24) is 15.1 Å². The molecule has 0 aromatic rings. The summed E-state index contributed by atoms with van der Waals surface area (Å²) in [6.07, 6.45) is -6.55. The Bertz CT molecular complexity index is 1390. The number of carbonyl (C=O) groups excluding carboxylic acids is 2. The maximum absolute atomic E-state index is 14.5. The minimum atomic E-state index is -1.81. The quantitative estimate of drug-likeness (QED) is 0.126. The molecule has 3 aliphatic heterocycles. The maximum Gasteiger partial charge on any atom is 0.311 e. The third kappa shape index (κ3) is 14.0. The lowest BCUT2D eigenvalue weighted by Crippen LogP contribution is -2.61. The lowest BCUT2D eigenvalue weighted by atomic mass is 9.77. The van der Waals surface area contributed by atoms with Crippen molar-refractivity contribution in [2.75, 3.05) is 47.9 Å². The number of methoxy groups -OCH3 is 1. The highest BCUT2D eigenvalue weighted by molar-refractivity contribution is 5.76. The molecule has 0 spiro atoms. The number of cyclic esters (lactones) is 1. The second-order valence-electron chi connectivity index (χ2n) is 20.3. The molecule has 5 N–H and O–H groups in total. The number of ether oxygens (including phenoxy) is 7. The summed E-state index contributed by atoms with van der Waals surface area (Å²) in [7, 11) is 7.34. The first-order valence-corrected chi connectivity index (χ1v) is 23.1. The summed E-state index contributed by atoms with van der Waals surface area (Å²) >= 11 is 0. The Kier molecular flexibility index (Phi) is 20.6. The molecule has 0 saturated carbocycles. The first-order chi connectivity index (χ1) is 28.7. The molecule has 0 aromatic heterocycles. The van der Waals surface area contributed by atoms with Crippen molar-refractivity contribution in [3.8, 4) is 0 Å². The van der Waals surface area contributed by atoms with Gasteiger partial charge in [-0.3, -0.25) is 9.59 Å². The summed E-state index contributed by atoms with van der Waals surface area (Å²) in [6.45, 7) is 23.1. The standard InChI is InChI=1S/C46H87N3O13/c1-17-34-46(12,55)39(51)31(8)49(15)25-27(4)23-44(10,54)41(29(6)37(30(7)42(53)60-34)61-36-24-45(11,56-16)40(52)32(9)59-36)62-43-38(33(48(13)14)22-28(5)58-43)57-20-18-19-47-35(50)21-26(2)3/h26-34,36-41,43,51-52,54-55H,17-25H2,1-16H3,(H,47,50). The molecule has 0 bridgehead atoms. The predicted molar refractivity (Wildman–Crippen MR) is 235 cm³/mol. The van der Waals surface area contributed by atoms with Crippen molar-refractivity contribution in [3.05, 3.63) is 0 Å². The normalized spacial score (nSPS) is 43.5. The smallest absolute Gasteiger partial charge is 0.311 e. The highest BCUT2D eigenvalue weighted by Crippen LogP contribution is 2.40. The number of carbonyl (C=O) groups is 2. The van der Waals surface area contributed by atoms with E-state index in [-0.39, 0.29) is 49.2 Å².